The minimum Gasteiger partial charge on any atom is -0.368 e. The SMILES string of the molecule is CCNc1n[nH]c(-c2ccc(F)cc2)c1-c1ccc(=O)[nH]n1. The molecule has 3 aromatic rings. The Hall–Kier alpha value is -2.96. The van der Waals surface area contributed by atoms with E-state index >= 15 is 0 Å². The highest BCUT2D eigenvalue weighted by molar-refractivity contribution is 5.86. The van der Waals surface area contributed by atoms with E-state index in [2.05, 4.69) is 25.7 Å². The average molecular weight is 299 g/mol. The molecule has 0 saturated heterocycles. The van der Waals surface area contributed by atoms with Crippen LogP contribution in [0.25, 0.3) is 22.5 Å². The maximum atomic E-state index is 13.1. The number of nitrogens with zero attached hydrogens (tertiary/aromatic N) is 2. The quantitative estimate of drug-likeness (QED) is 0.690. The predicted molar refractivity (Wildman–Crippen MR) is 82.0 cm³/mol. The molecule has 2 heterocycles. The number of hydrogen-bond donors (Lipinski definition) is 3. The van der Waals surface area contributed by atoms with E-state index in [4.69, 9.17) is 0 Å². The number of halogens is 1. The van der Waals surface area contributed by atoms with Gasteiger partial charge >= 0.3 is 0 Å². The van der Waals surface area contributed by atoms with E-state index in [9.17, 15) is 9.18 Å². The summed E-state index contributed by atoms with van der Waals surface area (Å²) in [6.45, 7) is 2.64. The van der Waals surface area contributed by atoms with Gasteiger partial charge in [-0.1, -0.05) is 0 Å². The third kappa shape index (κ3) is 2.60. The fourth-order valence-electron chi connectivity index (χ4n) is 2.20. The third-order valence-corrected chi connectivity index (χ3v) is 3.18. The van der Waals surface area contributed by atoms with Crippen LogP contribution >= 0.6 is 0 Å². The minimum absolute atomic E-state index is 0.277. The lowest BCUT2D eigenvalue weighted by Gasteiger charge is -2.06. The van der Waals surface area contributed by atoms with Crippen LogP contribution < -0.4 is 10.9 Å². The van der Waals surface area contributed by atoms with Crippen LogP contribution in [-0.2, 0) is 0 Å². The molecule has 0 aliphatic carbocycles. The molecule has 3 N–H and O–H groups in total. The van der Waals surface area contributed by atoms with E-state index in [0.717, 1.165) is 11.1 Å². The van der Waals surface area contributed by atoms with Crippen LogP contribution in [0.4, 0.5) is 10.2 Å². The summed E-state index contributed by atoms with van der Waals surface area (Å²) < 4.78 is 13.1. The lowest BCUT2D eigenvalue weighted by molar-refractivity contribution is 0.628. The second-order valence-corrected chi connectivity index (χ2v) is 4.67. The molecule has 0 saturated carbocycles. The van der Waals surface area contributed by atoms with Crippen LogP contribution in [-0.4, -0.2) is 26.9 Å². The maximum Gasteiger partial charge on any atom is 0.264 e. The van der Waals surface area contributed by atoms with Gasteiger partial charge in [0.15, 0.2) is 5.82 Å². The van der Waals surface area contributed by atoms with Crippen molar-refractivity contribution in [3.8, 4) is 22.5 Å². The summed E-state index contributed by atoms with van der Waals surface area (Å²) in [4.78, 5) is 11.2. The molecule has 0 aliphatic heterocycles. The number of nitrogens with one attached hydrogen (secondary N) is 3. The van der Waals surface area contributed by atoms with Crippen LogP contribution in [0.3, 0.4) is 0 Å². The lowest BCUT2D eigenvalue weighted by Crippen LogP contribution is -2.06. The van der Waals surface area contributed by atoms with Gasteiger partial charge in [0.2, 0.25) is 0 Å². The van der Waals surface area contributed by atoms with E-state index in [-0.39, 0.29) is 11.4 Å². The fraction of sp³-hybridized carbons (Fsp3) is 0.133. The summed E-state index contributed by atoms with van der Waals surface area (Å²) in [6.07, 6.45) is 0. The molecule has 0 unspecified atom stereocenters. The van der Waals surface area contributed by atoms with Crippen molar-refractivity contribution in [3.05, 3.63) is 52.6 Å². The number of benzene rings is 1. The van der Waals surface area contributed by atoms with Crippen LogP contribution in [0, 0.1) is 5.82 Å². The van der Waals surface area contributed by atoms with Crippen molar-refractivity contribution in [1.29, 1.82) is 0 Å². The Morgan fingerprint density at radius 1 is 1.09 bits per heavy atom. The molecule has 0 bridgehead atoms. The van der Waals surface area contributed by atoms with E-state index in [1.165, 1.54) is 18.2 Å². The first-order valence-electron chi connectivity index (χ1n) is 6.83. The summed E-state index contributed by atoms with van der Waals surface area (Å²) in [7, 11) is 0. The topological polar surface area (TPSA) is 86.5 Å². The summed E-state index contributed by atoms with van der Waals surface area (Å²) in [5, 5.41) is 16.8. The number of aromatic amines is 2. The zero-order chi connectivity index (χ0) is 15.5. The first-order valence-corrected chi connectivity index (χ1v) is 6.83. The van der Waals surface area contributed by atoms with Gasteiger partial charge in [0.25, 0.3) is 5.56 Å². The van der Waals surface area contributed by atoms with Crippen molar-refractivity contribution in [2.45, 2.75) is 6.92 Å². The maximum absolute atomic E-state index is 13.1. The summed E-state index contributed by atoms with van der Waals surface area (Å²) >= 11 is 0. The van der Waals surface area contributed by atoms with Gasteiger partial charge in [0.1, 0.15) is 5.82 Å². The highest BCUT2D eigenvalue weighted by Crippen LogP contribution is 2.34. The minimum atomic E-state index is -0.307. The number of hydrogen-bond acceptors (Lipinski definition) is 4. The third-order valence-electron chi connectivity index (χ3n) is 3.18. The van der Waals surface area contributed by atoms with Crippen LogP contribution in [0.1, 0.15) is 6.92 Å². The summed E-state index contributed by atoms with van der Waals surface area (Å²) in [6, 6.07) is 9.11. The number of aromatic nitrogens is 4. The van der Waals surface area contributed by atoms with Gasteiger partial charge in [-0.3, -0.25) is 9.89 Å². The van der Waals surface area contributed by atoms with E-state index < -0.39 is 0 Å². The van der Waals surface area contributed by atoms with Crippen molar-refractivity contribution < 1.29 is 4.39 Å². The average Bonchev–Trinajstić information content (AvgIpc) is 2.93. The molecule has 0 radical (unpaired) electrons. The Bertz CT molecular complexity index is 817. The zero-order valence-electron chi connectivity index (χ0n) is 11.9. The second kappa shape index (κ2) is 5.80. The van der Waals surface area contributed by atoms with Gasteiger partial charge in [-0.05, 0) is 37.3 Å². The Balaban J connectivity index is 2.16. The van der Waals surface area contributed by atoms with Crippen molar-refractivity contribution in [2.75, 3.05) is 11.9 Å². The van der Waals surface area contributed by atoms with Crippen LogP contribution in [0.5, 0.6) is 0 Å². The highest BCUT2D eigenvalue weighted by atomic mass is 19.1. The van der Waals surface area contributed by atoms with Crippen molar-refractivity contribution in [2.24, 2.45) is 0 Å². The van der Waals surface area contributed by atoms with Gasteiger partial charge in [-0.2, -0.15) is 10.2 Å². The first-order chi connectivity index (χ1) is 10.7. The number of H-pyrrole nitrogens is 2. The van der Waals surface area contributed by atoms with E-state index in [0.29, 0.717) is 23.8 Å². The van der Waals surface area contributed by atoms with E-state index in [1.807, 2.05) is 6.92 Å². The molecule has 22 heavy (non-hydrogen) atoms. The van der Waals surface area contributed by atoms with Crippen molar-refractivity contribution >= 4 is 5.82 Å². The largest absolute Gasteiger partial charge is 0.368 e. The monoisotopic (exact) mass is 299 g/mol. The fourth-order valence-corrected chi connectivity index (χ4v) is 2.20. The molecule has 0 spiro atoms. The van der Waals surface area contributed by atoms with Gasteiger partial charge < -0.3 is 5.32 Å². The van der Waals surface area contributed by atoms with Crippen LogP contribution in [0.2, 0.25) is 0 Å². The molecule has 0 amide bonds. The molecule has 3 rings (SSSR count). The molecule has 2 aromatic heterocycles. The second-order valence-electron chi connectivity index (χ2n) is 4.67. The highest BCUT2D eigenvalue weighted by Gasteiger charge is 2.17. The van der Waals surface area contributed by atoms with Gasteiger partial charge in [0, 0.05) is 18.2 Å². The Kier molecular flexibility index (Phi) is 3.69. The number of anilines is 1. The molecule has 6 nitrogen and oxygen atoms in total. The zero-order valence-corrected chi connectivity index (χ0v) is 11.9. The molecule has 7 heteroatoms. The van der Waals surface area contributed by atoms with Gasteiger partial charge in [-0.15, -0.1) is 0 Å². The van der Waals surface area contributed by atoms with Crippen molar-refractivity contribution in [3.63, 3.8) is 0 Å². The standard InChI is InChI=1S/C15H14FN5O/c1-2-17-15-13(11-7-8-12(22)19-18-11)14(20-21-15)9-3-5-10(16)6-4-9/h3-8H,2H2,1H3,(H,19,22)(H2,17,20,21). The molecule has 0 atom stereocenters. The molecule has 112 valence electrons. The smallest absolute Gasteiger partial charge is 0.264 e. The normalized spacial score (nSPS) is 10.6. The predicted octanol–water partition coefficient (Wildman–Crippen LogP) is 2.40. The molecular weight excluding hydrogens is 285 g/mol. The Labute approximate surface area is 125 Å². The first kappa shape index (κ1) is 14.0. The molecular formula is C15H14FN5O. The summed E-state index contributed by atoms with van der Waals surface area (Å²) in [5.41, 5.74) is 2.51. The summed E-state index contributed by atoms with van der Waals surface area (Å²) in [5.74, 6) is 0.320. The molecule has 0 aliphatic rings. The lowest BCUT2D eigenvalue weighted by atomic mass is 10.0. The molecule has 0 fully saturated rings. The Morgan fingerprint density at radius 3 is 2.50 bits per heavy atom. The van der Waals surface area contributed by atoms with Gasteiger partial charge in [0.05, 0.1) is 17.0 Å². The molecule has 1 aromatic carbocycles. The van der Waals surface area contributed by atoms with Crippen molar-refractivity contribution in [1.82, 2.24) is 20.4 Å². The van der Waals surface area contributed by atoms with E-state index in [1.54, 1.807) is 18.2 Å². The van der Waals surface area contributed by atoms with Crippen LogP contribution in [0.15, 0.2) is 41.2 Å². The number of rotatable bonds is 4. The van der Waals surface area contributed by atoms with Gasteiger partial charge in [-0.25, -0.2) is 9.49 Å². The Morgan fingerprint density at radius 2 is 1.86 bits per heavy atom.